The van der Waals surface area contributed by atoms with E-state index in [1.807, 2.05) is 11.8 Å². The average Bonchev–Trinajstić information content (AvgIpc) is 2.25. The third kappa shape index (κ3) is 5.04. The van der Waals surface area contributed by atoms with Gasteiger partial charge in [-0.25, -0.2) is 0 Å². The van der Waals surface area contributed by atoms with Gasteiger partial charge in [-0.15, -0.1) is 11.8 Å². The second-order valence-corrected chi connectivity index (χ2v) is 6.00. The van der Waals surface area contributed by atoms with Gasteiger partial charge in [0.1, 0.15) is 0 Å². The standard InChI is InChI=1S/C14H23NS/c1-5-14(3,4)15-9-10-16-13-8-6-7-12(2)11-13/h6-8,11,15H,5,9-10H2,1-4H3. The molecule has 1 N–H and O–H groups in total. The lowest BCUT2D eigenvalue weighted by molar-refractivity contribution is 0.388. The van der Waals surface area contributed by atoms with Crippen molar-refractivity contribution in [1.82, 2.24) is 5.32 Å². The van der Waals surface area contributed by atoms with Gasteiger partial charge < -0.3 is 5.32 Å². The van der Waals surface area contributed by atoms with Crippen LogP contribution in [0.15, 0.2) is 29.2 Å². The third-order valence-electron chi connectivity index (χ3n) is 2.85. The summed E-state index contributed by atoms with van der Waals surface area (Å²) < 4.78 is 0. The van der Waals surface area contributed by atoms with Gasteiger partial charge in [0.05, 0.1) is 0 Å². The number of hydrogen-bond donors (Lipinski definition) is 1. The zero-order valence-electron chi connectivity index (χ0n) is 10.8. The van der Waals surface area contributed by atoms with Crippen LogP contribution in [0.1, 0.15) is 32.8 Å². The van der Waals surface area contributed by atoms with Gasteiger partial charge in [0, 0.05) is 22.7 Å². The predicted molar refractivity (Wildman–Crippen MR) is 74.3 cm³/mol. The van der Waals surface area contributed by atoms with Crippen molar-refractivity contribution in [1.29, 1.82) is 0 Å². The van der Waals surface area contributed by atoms with Crippen LogP contribution in [0.5, 0.6) is 0 Å². The molecule has 0 unspecified atom stereocenters. The quantitative estimate of drug-likeness (QED) is 0.595. The molecule has 0 aliphatic carbocycles. The Hall–Kier alpha value is -0.470. The van der Waals surface area contributed by atoms with Crippen LogP contribution in [-0.4, -0.2) is 17.8 Å². The molecule has 1 aromatic rings. The van der Waals surface area contributed by atoms with Crippen LogP contribution in [0.3, 0.4) is 0 Å². The lowest BCUT2D eigenvalue weighted by Gasteiger charge is -2.24. The summed E-state index contributed by atoms with van der Waals surface area (Å²) in [7, 11) is 0. The maximum absolute atomic E-state index is 3.57. The lowest BCUT2D eigenvalue weighted by Crippen LogP contribution is -2.39. The van der Waals surface area contributed by atoms with Gasteiger partial charge in [-0.2, -0.15) is 0 Å². The molecule has 0 saturated heterocycles. The lowest BCUT2D eigenvalue weighted by atomic mass is 10.0. The molecule has 0 radical (unpaired) electrons. The second kappa shape index (κ2) is 6.31. The average molecular weight is 237 g/mol. The van der Waals surface area contributed by atoms with Gasteiger partial charge >= 0.3 is 0 Å². The first-order valence-electron chi connectivity index (χ1n) is 5.98. The summed E-state index contributed by atoms with van der Waals surface area (Å²) in [6.45, 7) is 9.94. The second-order valence-electron chi connectivity index (χ2n) is 4.83. The molecule has 0 amide bonds. The van der Waals surface area contributed by atoms with Crippen molar-refractivity contribution in [2.45, 2.75) is 44.6 Å². The van der Waals surface area contributed by atoms with E-state index < -0.39 is 0 Å². The maximum atomic E-state index is 3.57. The zero-order chi connectivity index (χ0) is 12.0. The molecule has 0 aromatic heterocycles. The van der Waals surface area contributed by atoms with Gasteiger partial charge in [-0.1, -0.05) is 24.6 Å². The summed E-state index contributed by atoms with van der Waals surface area (Å²) >= 11 is 1.92. The van der Waals surface area contributed by atoms with E-state index in [1.165, 1.54) is 16.9 Å². The highest BCUT2D eigenvalue weighted by Crippen LogP contribution is 2.18. The maximum Gasteiger partial charge on any atom is 0.0122 e. The highest BCUT2D eigenvalue weighted by atomic mass is 32.2. The smallest absolute Gasteiger partial charge is 0.0122 e. The minimum absolute atomic E-state index is 0.271. The molecule has 0 aliphatic rings. The van der Waals surface area contributed by atoms with Crippen LogP contribution in [0.4, 0.5) is 0 Å². The molecule has 0 heterocycles. The molecule has 0 fully saturated rings. The number of rotatable bonds is 6. The van der Waals surface area contributed by atoms with Gasteiger partial charge in [0.15, 0.2) is 0 Å². The van der Waals surface area contributed by atoms with Crippen molar-refractivity contribution in [3.63, 3.8) is 0 Å². The fourth-order valence-corrected chi connectivity index (χ4v) is 2.27. The molecule has 1 nitrogen and oxygen atoms in total. The number of nitrogens with one attached hydrogen (secondary N) is 1. The van der Waals surface area contributed by atoms with Crippen LogP contribution in [-0.2, 0) is 0 Å². The van der Waals surface area contributed by atoms with Gasteiger partial charge in [-0.05, 0) is 39.3 Å². The van der Waals surface area contributed by atoms with Crippen LogP contribution in [0.2, 0.25) is 0 Å². The molecular formula is C14H23NS. The Morgan fingerprint density at radius 2 is 2.06 bits per heavy atom. The van der Waals surface area contributed by atoms with E-state index in [-0.39, 0.29) is 5.54 Å². The molecular weight excluding hydrogens is 214 g/mol. The summed E-state index contributed by atoms with van der Waals surface area (Å²) in [5, 5.41) is 3.57. The normalized spacial score (nSPS) is 11.8. The first-order chi connectivity index (χ1) is 7.53. The molecule has 90 valence electrons. The first-order valence-corrected chi connectivity index (χ1v) is 6.96. The molecule has 1 rings (SSSR count). The number of aryl methyl sites for hydroxylation is 1. The van der Waals surface area contributed by atoms with Crippen LogP contribution in [0.25, 0.3) is 0 Å². The van der Waals surface area contributed by atoms with Crippen LogP contribution >= 0.6 is 11.8 Å². The van der Waals surface area contributed by atoms with Crippen molar-refractivity contribution < 1.29 is 0 Å². The molecule has 0 atom stereocenters. The van der Waals surface area contributed by atoms with Gasteiger partial charge in [0.25, 0.3) is 0 Å². The highest BCUT2D eigenvalue weighted by Gasteiger charge is 2.12. The van der Waals surface area contributed by atoms with Crippen molar-refractivity contribution in [3.05, 3.63) is 29.8 Å². The Balaban J connectivity index is 2.26. The number of hydrogen-bond acceptors (Lipinski definition) is 2. The van der Waals surface area contributed by atoms with E-state index in [9.17, 15) is 0 Å². The Kier molecular flexibility index (Phi) is 5.36. The minimum Gasteiger partial charge on any atom is -0.311 e. The number of benzene rings is 1. The van der Waals surface area contributed by atoms with E-state index in [2.05, 4.69) is 57.3 Å². The van der Waals surface area contributed by atoms with E-state index >= 15 is 0 Å². The Labute approximate surface area is 104 Å². The molecule has 0 aliphatic heterocycles. The first kappa shape index (κ1) is 13.6. The van der Waals surface area contributed by atoms with E-state index in [1.54, 1.807) is 0 Å². The largest absolute Gasteiger partial charge is 0.311 e. The summed E-state index contributed by atoms with van der Waals surface area (Å²) in [6.07, 6.45) is 1.17. The van der Waals surface area contributed by atoms with Crippen molar-refractivity contribution in [2.24, 2.45) is 0 Å². The molecule has 2 heteroatoms. The molecule has 0 bridgehead atoms. The summed E-state index contributed by atoms with van der Waals surface area (Å²) in [4.78, 5) is 1.37. The zero-order valence-corrected chi connectivity index (χ0v) is 11.7. The fraction of sp³-hybridized carbons (Fsp3) is 0.571. The topological polar surface area (TPSA) is 12.0 Å². The monoisotopic (exact) mass is 237 g/mol. The summed E-state index contributed by atoms with van der Waals surface area (Å²) in [6, 6.07) is 8.70. The fourth-order valence-electron chi connectivity index (χ4n) is 1.39. The van der Waals surface area contributed by atoms with E-state index in [0.29, 0.717) is 0 Å². The predicted octanol–water partition coefficient (Wildman–Crippen LogP) is 3.87. The number of thioether (sulfide) groups is 1. The third-order valence-corrected chi connectivity index (χ3v) is 3.84. The van der Waals surface area contributed by atoms with E-state index in [0.717, 1.165) is 12.3 Å². The van der Waals surface area contributed by atoms with Crippen molar-refractivity contribution in [2.75, 3.05) is 12.3 Å². The SMILES string of the molecule is CCC(C)(C)NCCSc1cccc(C)c1. The summed E-state index contributed by atoms with van der Waals surface area (Å²) in [5.74, 6) is 1.13. The van der Waals surface area contributed by atoms with Gasteiger partial charge in [-0.3, -0.25) is 0 Å². The van der Waals surface area contributed by atoms with Crippen LogP contribution < -0.4 is 5.32 Å². The van der Waals surface area contributed by atoms with Crippen molar-refractivity contribution >= 4 is 11.8 Å². The summed E-state index contributed by atoms with van der Waals surface area (Å²) in [5.41, 5.74) is 1.61. The van der Waals surface area contributed by atoms with E-state index in [4.69, 9.17) is 0 Å². The Bertz CT molecular complexity index is 320. The molecule has 0 spiro atoms. The molecule has 0 saturated carbocycles. The molecule has 16 heavy (non-hydrogen) atoms. The Morgan fingerprint density at radius 1 is 1.31 bits per heavy atom. The van der Waals surface area contributed by atoms with Crippen LogP contribution in [0, 0.1) is 6.92 Å². The Morgan fingerprint density at radius 3 is 2.69 bits per heavy atom. The van der Waals surface area contributed by atoms with Crippen molar-refractivity contribution in [3.8, 4) is 0 Å². The minimum atomic E-state index is 0.271. The molecule has 1 aromatic carbocycles. The van der Waals surface area contributed by atoms with Gasteiger partial charge in [0.2, 0.25) is 0 Å². The highest BCUT2D eigenvalue weighted by molar-refractivity contribution is 7.99.